The predicted octanol–water partition coefficient (Wildman–Crippen LogP) is 2.89. The van der Waals surface area contributed by atoms with Gasteiger partial charge in [0.25, 0.3) is 0 Å². The molecule has 0 saturated carbocycles. The number of hydrogen-bond acceptors (Lipinski definition) is 6. The fourth-order valence-corrected chi connectivity index (χ4v) is 4.41. The molecule has 0 spiro atoms. The predicted molar refractivity (Wildman–Crippen MR) is 107 cm³/mol. The minimum absolute atomic E-state index is 0.0471. The van der Waals surface area contributed by atoms with E-state index >= 15 is 0 Å². The van der Waals surface area contributed by atoms with Crippen molar-refractivity contribution in [1.29, 1.82) is 0 Å². The van der Waals surface area contributed by atoms with Gasteiger partial charge in [-0.25, -0.2) is 0 Å². The number of allylic oxidation sites excluding steroid dienone is 2. The lowest BCUT2D eigenvalue weighted by Gasteiger charge is -2.38. The Morgan fingerprint density at radius 3 is 2.72 bits per heavy atom. The molecule has 2 heterocycles. The molecule has 1 aliphatic carbocycles. The molecule has 6 heteroatoms. The molecular weight excluding hydrogens is 372 g/mol. The lowest BCUT2D eigenvalue weighted by molar-refractivity contribution is -0.145. The Labute approximate surface area is 171 Å². The van der Waals surface area contributed by atoms with Crippen molar-refractivity contribution in [3.8, 4) is 5.75 Å². The van der Waals surface area contributed by atoms with Crippen molar-refractivity contribution in [1.82, 2.24) is 0 Å². The molecule has 2 N–H and O–H groups in total. The molecule has 29 heavy (non-hydrogen) atoms. The molecule has 5 unspecified atom stereocenters. The van der Waals surface area contributed by atoms with Crippen molar-refractivity contribution in [3.05, 3.63) is 53.0 Å². The van der Waals surface area contributed by atoms with E-state index in [-0.39, 0.29) is 24.7 Å². The standard InChI is InChI=1S/C23H30O6/c1-14-19(25)12-18(13-24)29-23(14)16-4-6-20(26-2)17(11-16)9-15-3-5-21-22(10-15)28-8-7-27-21/h4-6,10-11,14-15,18-19,23-25H,3,7-9,12-13H2,1-2H3. The summed E-state index contributed by atoms with van der Waals surface area (Å²) < 4.78 is 23.1. The second-order valence-electron chi connectivity index (χ2n) is 8.09. The largest absolute Gasteiger partial charge is 0.496 e. The van der Waals surface area contributed by atoms with Gasteiger partial charge >= 0.3 is 0 Å². The Kier molecular flexibility index (Phi) is 6.13. The first-order valence-corrected chi connectivity index (χ1v) is 10.4. The normalized spacial score (nSPS) is 31.7. The molecule has 3 aliphatic rings. The van der Waals surface area contributed by atoms with Crippen molar-refractivity contribution in [2.75, 3.05) is 26.9 Å². The number of fused-ring (bicyclic) bond motifs is 1. The molecule has 6 nitrogen and oxygen atoms in total. The smallest absolute Gasteiger partial charge is 0.157 e. The van der Waals surface area contributed by atoms with Gasteiger partial charge < -0.3 is 29.2 Å². The van der Waals surface area contributed by atoms with E-state index in [1.807, 2.05) is 19.1 Å². The quantitative estimate of drug-likeness (QED) is 0.789. The maximum Gasteiger partial charge on any atom is 0.157 e. The second kappa shape index (κ2) is 8.78. The van der Waals surface area contributed by atoms with Crippen LogP contribution < -0.4 is 4.74 Å². The van der Waals surface area contributed by atoms with Crippen LogP contribution in [-0.2, 0) is 20.6 Å². The van der Waals surface area contributed by atoms with Crippen LogP contribution in [0.1, 0.15) is 37.0 Å². The van der Waals surface area contributed by atoms with E-state index < -0.39 is 6.10 Å². The number of benzene rings is 1. The Bertz CT molecular complexity index is 786. The number of aliphatic hydroxyl groups is 2. The van der Waals surface area contributed by atoms with E-state index in [2.05, 4.69) is 18.2 Å². The van der Waals surface area contributed by atoms with Gasteiger partial charge in [0, 0.05) is 12.3 Å². The molecule has 0 bridgehead atoms. The first-order valence-electron chi connectivity index (χ1n) is 10.4. The van der Waals surface area contributed by atoms with Gasteiger partial charge in [0.2, 0.25) is 0 Å². The summed E-state index contributed by atoms with van der Waals surface area (Å²) >= 11 is 0. The SMILES string of the molecule is COc1ccc(C2OC(CO)CC(O)C2C)cc1CC1C=C2OCCOC2=CC1. The first kappa shape index (κ1) is 20.3. The molecule has 1 aromatic carbocycles. The third-order valence-corrected chi connectivity index (χ3v) is 6.08. The lowest BCUT2D eigenvalue weighted by Crippen LogP contribution is -2.39. The molecular formula is C23H30O6. The monoisotopic (exact) mass is 402 g/mol. The molecule has 1 aromatic rings. The van der Waals surface area contributed by atoms with E-state index in [4.69, 9.17) is 18.9 Å². The van der Waals surface area contributed by atoms with Gasteiger partial charge in [-0.2, -0.15) is 0 Å². The molecule has 2 fully saturated rings. The Balaban J connectivity index is 1.56. The van der Waals surface area contributed by atoms with Crippen molar-refractivity contribution in [2.45, 2.75) is 44.5 Å². The molecule has 2 aliphatic heterocycles. The Hall–Kier alpha value is -2.02. The number of hydrogen-bond donors (Lipinski definition) is 2. The average molecular weight is 402 g/mol. The molecule has 0 aromatic heterocycles. The van der Waals surface area contributed by atoms with Crippen LogP contribution >= 0.6 is 0 Å². The summed E-state index contributed by atoms with van der Waals surface area (Å²) in [7, 11) is 1.68. The van der Waals surface area contributed by atoms with Crippen LogP contribution in [0.25, 0.3) is 0 Å². The number of rotatable bonds is 5. The fourth-order valence-electron chi connectivity index (χ4n) is 4.41. The van der Waals surface area contributed by atoms with Gasteiger partial charge in [0.1, 0.15) is 19.0 Å². The van der Waals surface area contributed by atoms with Gasteiger partial charge in [-0.3, -0.25) is 0 Å². The summed E-state index contributed by atoms with van der Waals surface area (Å²) in [6.07, 6.45) is 5.31. The van der Waals surface area contributed by atoms with Gasteiger partial charge in [0.15, 0.2) is 11.5 Å². The number of methoxy groups -OCH3 is 1. The van der Waals surface area contributed by atoms with Gasteiger partial charge in [0.05, 0.1) is 32.0 Å². The third kappa shape index (κ3) is 4.29. The van der Waals surface area contributed by atoms with Crippen LogP contribution in [0.4, 0.5) is 0 Å². The van der Waals surface area contributed by atoms with E-state index in [0.29, 0.717) is 25.6 Å². The zero-order valence-corrected chi connectivity index (χ0v) is 17.0. The van der Waals surface area contributed by atoms with Crippen molar-refractivity contribution in [2.24, 2.45) is 11.8 Å². The van der Waals surface area contributed by atoms with Crippen molar-refractivity contribution < 1.29 is 29.2 Å². The van der Waals surface area contributed by atoms with E-state index in [9.17, 15) is 10.2 Å². The highest BCUT2D eigenvalue weighted by atomic mass is 16.6. The maximum atomic E-state index is 10.4. The van der Waals surface area contributed by atoms with Crippen LogP contribution in [0.2, 0.25) is 0 Å². The van der Waals surface area contributed by atoms with Gasteiger partial charge in [-0.15, -0.1) is 0 Å². The summed E-state index contributed by atoms with van der Waals surface area (Å²) in [6.45, 7) is 3.09. The molecule has 0 amide bonds. The first-order chi connectivity index (χ1) is 14.1. The summed E-state index contributed by atoms with van der Waals surface area (Å²) in [6, 6.07) is 6.07. The van der Waals surface area contributed by atoms with E-state index in [1.54, 1.807) is 7.11 Å². The maximum absolute atomic E-state index is 10.4. The fraction of sp³-hybridized carbons (Fsp3) is 0.565. The number of ether oxygens (including phenoxy) is 4. The third-order valence-electron chi connectivity index (χ3n) is 6.08. The number of aliphatic hydroxyl groups excluding tert-OH is 2. The van der Waals surface area contributed by atoms with Gasteiger partial charge in [-0.05, 0) is 54.2 Å². The van der Waals surface area contributed by atoms with Crippen LogP contribution in [0, 0.1) is 11.8 Å². The highest BCUT2D eigenvalue weighted by Crippen LogP contribution is 2.39. The topological polar surface area (TPSA) is 77.4 Å². The Morgan fingerprint density at radius 2 is 1.97 bits per heavy atom. The summed E-state index contributed by atoms with van der Waals surface area (Å²) in [5.41, 5.74) is 2.10. The molecule has 5 atom stereocenters. The average Bonchev–Trinajstić information content (AvgIpc) is 2.75. The van der Waals surface area contributed by atoms with Crippen molar-refractivity contribution in [3.63, 3.8) is 0 Å². The highest BCUT2D eigenvalue weighted by molar-refractivity contribution is 5.40. The van der Waals surface area contributed by atoms with E-state index in [0.717, 1.165) is 41.2 Å². The van der Waals surface area contributed by atoms with Gasteiger partial charge in [-0.1, -0.05) is 13.0 Å². The van der Waals surface area contributed by atoms with Crippen LogP contribution in [0.15, 0.2) is 41.9 Å². The lowest BCUT2D eigenvalue weighted by atomic mass is 9.85. The highest BCUT2D eigenvalue weighted by Gasteiger charge is 2.36. The molecule has 0 radical (unpaired) electrons. The summed E-state index contributed by atoms with van der Waals surface area (Å²) in [5, 5.41) is 19.9. The Morgan fingerprint density at radius 1 is 1.17 bits per heavy atom. The molecule has 2 saturated heterocycles. The minimum Gasteiger partial charge on any atom is -0.496 e. The van der Waals surface area contributed by atoms with Crippen LogP contribution in [-0.4, -0.2) is 49.4 Å². The second-order valence-corrected chi connectivity index (χ2v) is 8.09. The van der Waals surface area contributed by atoms with Crippen LogP contribution in [0.3, 0.4) is 0 Å². The molecule has 4 rings (SSSR count). The van der Waals surface area contributed by atoms with Crippen LogP contribution in [0.5, 0.6) is 5.75 Å². The zero-order chi connectivity index (χ0) is 20.4. The molecule has 158 valence electrons. The minimum atomic E-state index is -0.494. The van der Waals surface area contributed by atoms with Crippen molar-refractivity contribution >= 4 is 0 Å². The zero-order valence-electron chi connectivity index (χ0n) is 17.0. The van der Waals surface area contributed by atoms with E-state index in [1.165, 1.54) is 0 Å². The summed E-state index contributed by atoms with van der Waals surface area (Å²) in [5.74, 6) is 2.77. The summed E-state index contributed by atoms with van der Waals surface area (Å²) in [4.78, 5) is 0.